The van der Waals surface area contributed by atoms with Gasteiger partial charge >= 0.3 is 6.09 Å². The summed E-state index contributed by atoms with van der Waals surface area (Å²) in [7, 11) is -2.05. The minimum Gasteiger partial charge on any atom is -0.444 e. The number of amides is 1. The molecule has 35 heavy (non-hydrogen) atoms. The Morgan fingerprint density at radius 3 is 2.17 bits per heavy atom. The van der Waals surface area contributed by atoms with Crippen LogP contribution in [0.1, 0.15) is 58.6 Å². The third kappa shape index (κ3) is 8.22. The molecule has 2 N–H and O–H groups in total. The van der Waals surface area contributed by atoms with Gasteiger partial charge in [0.05, 0.1) is 5.69 Å². The molecular formula is C25H39Cl2N3O4S. The van der Waals surface area contributed by atoms with Gasteiger partial charge in [-0.05, 0) is 73.6 Å². The fourth-order valence-electron chi connectivity index (χ4n) is 3.94. The number of hydrogen-bond donors (Lipinski definition) is 1. The summed E-state index contributed by atoms with van der Waals surface area (Å²) in [6, 6.07) is 5.87. The van der Waals surface area contributed by atoms with Crippen LogP contribution >= 0.6 is 23.2 Å². The molecule has 0 spiro atoms. The molecule has 1 aromatic rings. The van der Waals surface area contributed by atoms with Crippen LogP contribution in [0, 0.1) is 6.92 Å². The Labute approximate surface area is 220 Å². The van der Waals surface area contributed by atoms with Crippen molar-refractivity contribution >= 4 is 45.0 Å². The van der Waals surface area contributed by atoms with Gasteiger partial charge in [-0.2, -0.15) is 0 Å². The Hall–Kier alpha value is -1.58. The lowest BCUT2D eigenvalue weighted by Gasteiger charge is -2.41. The number of anilines is 1. The van der Waals surface area contributed by atoms with Crippen LogP contribution in [-0.2, 0) is 21.4 Å². The van der Waals surface area contributed by atoms with Gasteiger partial charge in [0.15, 0.2) is 0 Å². The largest absolute Gasteiger partial charge is 0.444 e. The highest BCUT2D eigenvalue weighted by atomic mass is 35.5. The number of nitrogens with two attached hydrogens (primary N) is 1. The van der Waals surface area contributed by atoms with Crippen LogP contribution in [0.5, 0.6) is 0 Å². The second-order valence-electron chi connectivity index (χ2n) is 8.90. The number of rotatable bonds is 4. The zero-order valence-corrected chi connectivity index (χ0v) is 24.1. The van der Waals surface area contributed by atoms with Crippen LogP contribution in [0.25, 0.3) is 0 Å². The molecule has 0 unspecified atom stereocenters. The van der Waals surface area contributed by atoms with Crippen molar-refractivity contribution in [3.63, 3.8) is 0 Å². The Balaban J connectivity index is 0.000000779. The van der Waals surface area contributed by atoms with E-state index in [0.29, 0.717) is 31.0 Å². The van der Waals surface area contributed by atoms with Crippen LogP contribution in [0.3, 0.4) is 0 Å². The van der Waals surface area contributed by atoms with Gasteiger partial charge in [-0.25, -0.2) is 17.5 Å². The molecule has 198 valence electrons. The Bertz CT molecular complexity index is 1020. The molecule has 2 aliphatic rings. The van der Waals surface area contributed by atoms with Gasteiger partial charge in [-0.1, -0.05) is 47.0 Å². The van der Waals surface area contributed by atoms with E-state index in [-0.39, 0.29) is 18.7 Å². The fourth-order valence-corrected chi connectivity index (χ4v) is 5.97. The number of aryl methyl sites for hydroxylation is 1. The zero-order chi connectivity index (χ0) is 27.0. The molecule has 1 fully saturated rings. The number of sulfonamides is 1. The van der Waals surface area contributed by atoms with Crippen LogP contribution < -0.4 is 10.6 Å². The summed E-state index contributed by atoms with van der Waals surface area (Å²) in [6.07, 6.45) is 4.17. The van der Waals surface area contributed by atoms with Crippen molar-refractivity contribution in [1.29, 1.82) is 0 Å². The number of hydrogen-bond acceptors (Lipinski definition) is 5. The average Bonchev–Trinajstić information content (AvgIpc) is 2.80. The third-order valence-corrected chi connectivity index (χ3v) is 8.60. The van der Waals surface area contributed by atoms with Gasteiger partial charge in [-0.15, -0.1) is 0 Å². The number of cyclic esters (lactones) is 1. The number of fused-ring (bicyclic) bond motifs is 1. The Morgan fingerprint density at radius 1 is 1.14 bits per heavy atom. The second-order valence-corrected chi connectivity index (χ2v) is 12.6. The normalized spacial score (nSPS) is 18.0. The number of nitrogens with zero attached hydrogens (tertiary/aromatic N) is 2. The summed E-state index contributed by atoms with van der Waals surface area (Å²) in [5.41, 5.74) is 7.46. The number of allylic oxidation sites excluding steroid dienone is 3. The Kier molecular flexibility index (Phi) is 12.3. The molecule has 0 saturated carbocycles. The summed E-state index contributed by atoms with van der Waals surface area (Å²) in [4.78, 5) is 14.1. The first-order valence-electron chi connectivity index (χ1n) is 11.6. The molecule has 0 aromatic heterocycles. The monoisotopic (exact) mass is 547 g/mol. The molecular weight excluding hydrogens is 509 g/mol. The first kappa shape index (κ1) is 31.4. The Morgan fingerprint density at radius 2 is 1.69 bits per heavy atom. The van der Waals surface area contributed by atoms with E-state index in [1.165, 1.54) is 11.4 Å². The molecule has 1 amide bonds. The van der Waals surface area contributed by atoms with E-state index in [1.807, 2.05) is 45.0 Å². The lowest BCUT2D eigenvalue weighted by Crippen LogP contribution is -2.53. The van der Waals surface area contributed by atoms with Gasteiger partial charge in [0.25, 0.3) is 0 Å². The van der Waals surface area contributed by atoms with E-state index in [2.05, 4.69) is 5.73 Å². The maximum absolute atomic E-state index is 13.0. The lowest BCUT2D eigenvalue weighted by atomic mass is 10.0. The predicted octanol–water partition coefficient (Wildman–Crippen LogP) is 5.89. The SMILES string of the molecule is C/C(Cl)=C\C(C)(C)S(=O)(=O)N1CCC(N2C(=O)OCc3cc(C)ccc32)CC1.C/C=C(\C)Cl.CN. The van der Waals surface area contributed by atoms with Gasteiger partial charge in [0.1, 0.15) is 11.4 Å². The van der Waals surface area contributed by atoms with Crippen LogP contribution in [-0.4, -0.2) is 49.7 Å². The van der Waals surface area contributed by atoms with E-state index in [0.717, 1.165) is 21.8 Å². The van der Waals surface area contributed by atoms with Crippen LogP contribution in [0.4, 0.5) is 10.5 Å². The molecule has 2 heterocycles. The molecule has 1 aromatic carbocycles. The molecule has 0 atom stereocenters. The highest BCUT2D eigenvalue weighted by molar-refractivity contribution is 7.90. The maximum atomic E-state index is 13.0. The minimum atomic E-state index is -3.55. The van der Waals surface area contributed by atoms with Gasteiger partial charge in [-0.3, -0.25) is 4.90 Å². The molecule has 0 aliphatic carbocycles. The summed E-state index contributed by atoms with van der Waals surface area (Å²) >= 11 is 11.3. The van der Waals surface area contributed by atoms with Crippen molar-refractivity contribution < 1.29 is 17.9 Å². The van der Waals surface area contributed by atoms with E-state index >= 15 is 0 Å². The van der Waals surface area contributed by atoms with Crippen molar-refractivity contribution in [2.75, 3.05) is 25.0 Å². The molecule has 0 bridgehead atoms. The number of halogens is 2. The number of carbonyl (C=O) groups excluding carboxylic acids is 1. The van der Waals surface area contributed by atoms with Gasteiger partial charge < -0.3 is 10.5 Å². The van der Waals surface area contributed by atoms with E-state index < -0.39 is 14.8 Å². The highest BCUT2D eigenvalue weighted by Crippen LogP contribution is 2.34. The standard InChI is InChI=1S/C20H27ClN2O4S.C4H7Cl.CH5N/c1-14-5-6-18-16(11-14)13-27-19(24)23(18)17-7-9-22(10-8-17)28(25,26)20(3,4)12-15(2)21;1-3-4(2)5;1-2/h5-6,11-12,17H,7-10,13H2,1-4H3;3H,1-2H3;2H2,1H3/b15-12+;4-3+;. The highest BCUT2D eigenvalue weighted by Gasteiger charge is 2.41. The van der Waals surface area contributed by atoms with Crippen LogP contribution in [0.15, 0.2) is 40.4 Å². The number of carbonyl (C=O) groups is 1. The van der Waals surface area contributed by atoms with E-state index in [1.54, 1.807) is 31.7 Å². The first-order valence-corrected chi connectivity index (χ1v) is 13.8. The summed E-state index contributed by atoms with van der Waals surface area (Å²) in [6.45, 7) is 11.7. The fraction of sp³-hybridized carbons (Fsp3) is 0.560. The zero-order valence-electron chi connectivity index (χ0n) is 21.8. The average molecular weight is 549 g/mol. The number of piperidine rings is 1. The molecule has 7 nitrogen and oxygen atoms in total. The van der Waals surface area contributed by atoms with E-state index in [4.69, 9.17) is 27.9 Å². The van der Waals surface area contributed by atoms with Gasteiger partial charge in [0.2, 0.25) is 10.0 Å². The second kappa shape index (κ2) is 13.7. The van der Waals surface area contributed by atoms with Crippen molar-refractivity contribution in [2.24, 2.45) is 5.73 Å². The topological polar surface area (TPSA) is 92.9 Å². The molecule has 10 heteroatoms. The quantitative estimate of drug-likeness (QED) is 0.507. The van der Waals surface area contributed by atoms with Crippen LogP contribution in [0.2, 0.25) is 0 Å². The van der Waals surface area contributed by atoms with Crippen molar-refractivity contribution in [3.05, 3.63) is 51.5 Å². The first-order chi connectivity index (χ1) is 16.3. The summed E-state index contributed by atoms with van der Waals surface area (Å²) in [5, 5.41) is 1.30. The van der Waals surface area contributed by atoms with E-state index in [9.17, 15) is 13.2 Å². The molecule has 0 radical (unpaired) electrons. The predicted molar refractivity (Wildman–Crippen MR) is 146 cm³/mol. The summed E-state index contributed by atoms with van der Waals surface area (Å²) < 4.78 is 31.9. The third-order valence-electron chi connectivity index (χ3n) is 5.78. The summed E-state index contributed by atoms with van der Waals surface area (Å²) in [5.74, 6) is 0. The molecule has 3 rings (SSSR count). The lowest BCUT2D eigenvalue weighted by molar-refractivity contribution is 0.135. The van der Waals surface area contributed by atoms with Crippen molar-refractivity contribution in [2.45, 2.75) is 71.8 Å². The maximum Gasteiger partial charge on any atom is 0.414 e. The minimum absolute atomic E-state index is 0.0888. The smallest absolute Gasteiger partial charge is 0.414 e. The molecule has 2 aliphatic heterocycles. The van der Waals surface area contributed by atoms with Crippen molar-refractivity contribution in [3.8, 4) is 0 Å². The molecule has 1 saturated heterocycles. The van der Waals surface area contributed by atoms with Gasteiger partial charge in [0, 0.05) is 34.8 Å². The number of ether oxygens (including phenoxy) is 1. The van der Waals surface area contributed by atoms with Crippen molar-refractivity contribution in [1.82, 2.24) is 4.31 Å². The number of benzene rings is 1.